The Kier molecular flexibility index (Phi) is 7.26. The Labute approximate surface area is 90.5 Å². The van der Waals surface area contributed by atoms with Crippen LogP contribution < -0.4 is 5.73 Å². The molecule has 0 spiro atoms. The van der Waals surface area contributed by atoms with Gasteiger partial charge in [-0.25, -0.2) is 0 Å². The summed E-state index contributed by atoms with van der Waals surface area (Å²) in [4.78, 5) is 0. The Bertz CT molecular complexity index is 125. The molecule has 0 heterocycles. The van der Waals surface area contributed by atoms with E-state index in [0.717, 1.165) is 12.5 Å². The molecule has 0 fully saturated rings. The first-order chi connectivity index (χ1) is 6.66. The molecule has 1 nitrogen and oxygen atoms in total. The molecular formula is C13H29N. The Morgan fingerprint density at radius 2 is 1.50 bits per heavy atom. The largest absolute Gasteiger partial charge is 0.330 e. The van der Waals surface area contributed by atoms with Crippen LogP contribution in [0.5, 0.6) is 0 Å². The van der Waals surface area contributed by atoms with Crippen molar-refractivity contribution in [3.8, 4) is 0 Å². The molecule has 0 aromatic rings. The highest BCUT2D eigenvalue weighted by Crippen LogP contribution is 2.39. The third-order valence-electron chi connectivity index (χ3n) is 3.67. The molecule has 1 unspecified atom stereocenters. The van der Waals surface area contributed by atoms with Crippen LogP contribution in [0.15, 0.2) is 0 Å². The molecule has 0 saturated heterocycles. The quantitative estimate of drug-likeness (QED) is 0.629. The maximum atomic E-state index is 6.01. The third kappa shape index (κ3) is 3.61. The molecule has 0 amide bonds. The summed E-state index contributed by atoms with van der Waals surface area (Å²) in [7, 11) is 0. The standard InChI is InChI=1S/C13H29N/c1-5-8-12(4)13(11-14,9-6-2)10-7-3/h12H,5-11,14H2,1-4H3. The van der Waals surface area contributed by atoms with Crippen molar-refractivity contribution in [2.45, 2.75) is 66.2 Å². The topological polar surface area (TPSA) is 26.0 Å². The molecule has 14 heavy (non-hydrogen) atoms. The fourth-order valence-electron chi connectivity index (χ4n) is 2.76. The Balaban J connectivity index is 4.45. The van der Waals surface area contributed by atoms with Crippen molar-refractivity contribution in [3.63, 3.8) is 0 Å². The number of rotatable bonds is 8. The van der Waals surface area contributed by atoms with Gasteiger partial charge in [0.1, 0.15) is 0 Å². The predicted molar refractivity (Wildman–Crippen MR) is 65.4 cm³/mol. The second-order valence-electron chi connectivity index (χ2n) is 4.76. The van der Waals surface area contributed by atoms with Gasteiger partial charge >= 0.3 is 0 Å². The number of hydrogen-bond donors (Lipinski definition) is 1. The minimum absolute atomic E-state index is 0.430. The van der Waals surface area contributed by atoms with Gasteiger partial charge in [-0.2, -0.15) is 0 Å². The highest BCUT2D eigenvalue weighted by atomic mass is 14.6. The first-order valence-electron chi connectivity index (χ1n) is 6.36. The molecule has 0 bridgehead atoms. The lowest BCUT2D eigenvalue weighted by Gasteiger charge is -2.38. The second-order valence-corrected chi connectivity index (χ2v) is 4.76. The van der Waals surface area contributed by atoms with Gasteiger partial charge in [-0.05, 0) is 30.7 Å². The van der Waals surface area contributed by atoms with Crippen LogP contribution in [0.2, 0.25) is 0 Å². The van der Waals surface area contributed by atoms with Crippen molar-refractivity contribution in [2.75, 3.05) is 6.54 Å². The van der Waals surface area contributed by atoms with Gasteiger partial charge in [0.25, 0.3) is 0 Å². The lowest BCUT2D eigenvalue weighted by atomic mass is 9.68. The van der Waals surface area contributed by atoms with Crippen molar-refractivity contribution in [2.24, 2.45) is 17.1 Å². The summed E-state index contributed by atoms with van der Waals surface area (Å²) in [5.41, 5.74) is 6.44. The molecular weight excluding hydrogens is 170 g/mol. The molecule has 1 atom stereocenters. The molecule has 2 N–H and O–H groups in total. The molecule has 0 aliphatic heterocycles. The van der Waals surface area contributed by atoms with Gasteiger partial charge in [0, 0.05) is 0 Å². The summed E-state index contributed by atoms with van der Waals surface area (Å²) in [6, 6.07) is 0. The maximum Gasteiger partial charge on any atom is -0.00180 e. The van der Waals surface area contributed by atoms with Crippen molar-refractivity contribution in [3.05, 3.63) is 0 Å². The average Bonchev–Trinajstić information content (AvgIpc) is 2.17. The van der Waals surface area contributed by atoms with Gasteiger partial charge in [0.15, 0.2) is 0 Å². The summed E-state index contributed by atoms with van der Waals surface area (Å²) in [6.07, 6.45) is 7.76. The lowest BCUT2D eigenvalue weighted by Crippen LogP contribution is -2.36. The minimum atomic E-state index is 0.430. The molecule has 0 aromatic carbocycles. The van der Waals surface area contributed by atoms with Crippen molar-refractivity contribution >= 4 is 0 Å². The third-order valence-corrected chi connectivity index (χ3v) is 3.67. The molecule has 0 radical (unpaired) electrons. The highest BCUT2D eigenvalue weighted by Gasteiger charge is 2.32. The summed E-state index contributed by atoms with van der Waals surface area (Å²) in [6.45, 7) is 10.1. The van der Waals surface area contributed by atoms with Crippen molar-refractivity contribution in [1.29, 1.82) is 0 Å². The van der Waals surface area contributed by atoms with Crippen molar-refractivity contribution < 1.29 is 0 Å². The van der Waals surface area contributed by atoms with Crippen LogP contribution in [-0.4, -0.2) is 6.54 Å². The van der Waals surface area contributed by atoms with Crippen LogP contribution in [-0.2, 0) is 0 Å². The molecule has 0 saturated carbocycles. The Hall–Kier alpha value is -0.0400. The zero-order valence-corrected chi connectivity index (χ0v) is 10.6. The van der Waals surface area contributed by atoms with E-state index in [4.69, 9.17) is 5.73 Å². The smallest absolute Gasteiger partial charge is 0.00180 e. The first-order valence-corrected chi connectivity index (χ1v) is 6.36. The van der Waals surface area contributed by atoms with E-state index in [9.17, 15) is 0 Å². The highest BCUT2D eigenvalue weighted by molar-refractivity contribution is 4.84. The summed E-state index contributed by atoms with van der Waals surface area (Å²) in [5.74, 6) is 0.789. The summed E-state index contributed by atoms with van der Waals surface area (Å²) >= 11 is 0. The predicted octanol–water partition coefficient (Wildman–Crippen LogP) is 3.97. The average molecular weight is 199 g/mol. The van der Waals surface area contributed by atoms with E-state index >= 15 is 0 Å². The van der Waals surface area contributed by atoms with Crippen LogP contribution in [0.4, 0.5) is 0 Å². The van der Waals surface area contributed by atoms with Gasteiger partial charge < -0.3 is 5.73 Å². The lowest BCUT2D eigenvalue weighted by molar-refractivity contribution is 0.138. The monoisotopic (exact) mass is 199 g/mol. The normalized spacial score (nSPS) is 14.4. The van der Waals surface area contributed by atoms with E-state index in [2.05, 4.69) is 27.7 Å². The van der Waals surface area contributed by atoms with Crippen LogP contribution in [0.3, 0.4) is 0 Å². The zero-order chi connectivity index (χ0) is 11.0. The molecule has 0 aromatic heterocycles. The van der Waals surface area contributed by atoms with E-state index in [1.165, 1.54) is 38.5 Å². The van der Waals surface area contributed by atoms with Gasteiger partial charge in [0.2, 0.25) is 0 Å². The second kappa shape index (κ2) is 7.28. The summed E-state index contributed by atoms with van der Waals surface area (Å²) < 4.78 is 0. The Morgan fingerprint density at radius 3 is 1.79 bits per heavy atom. The number of hydrogen-bond acceptors (Lipinski definition) is 1. The van der Waals surface area contributed by atoms with Crippen LogP contribution in [0.1, 0.15) is 66.2 Å². The zero-order valence-electron chi connectivity index (χ0n) is 10.6. The fraction of sp³-hybridized carbons (Fsp3) is 1.00. The van der Waals surface area contributed by atoms with Gasteiger partial charge in [-0.1, -0.05) is 53.4 Å². The van der Waals surface area contributed by atoms with E-state index in [0.29, 0.717) is 5.41 Å². The Morgan fingerprint density at radius 1 is 1.00 bits per heavy atom. The van der Waals surface area contributed by atoms with E-state index in [1.807, 2.05) is 0 Å². The van der Waals surface area contributed by atoms with Gasteiger partial charge in [-0.3, -0.25) is 0 Å². The SMILES string of the molecule is CCCC(C)C(CN)(CCC)CCC. The number of nitrogens with two attached hydrogens (primary N) is 1. The molecule has 0 aliphatic carbocycles. The fourth-order valence-corrected chi connectivity index (χ4v) is 2.76. The molecule has 1 heteroatoms. The maximum absolute atomic E-state index is 6.01. The molecule has 0 aliphatic rings. The van der Waals surface area contributed by atoms with Gasteiger partial charge in [-0.15, -0.1) is 0 Å². The van der Waals surface area contributed by atoms with Crippen LogP contribution >= 0.6 is 0 Å². The van der Waals surface area contributed by atoms with E-state index < -0.39 is 0 Å². The van der Waals surface area contributed by atoms with E-state index in [-0.39, 0.29) is 0 Å². The van der Waals surface area contributed by atoms with E-state index in [1.54, 1.807) is 0 Å². The first kappa shape index (κ1) is 14.0. The van der Waals surface area contributed by atoms with Crippen molar-refractivity contribution in [1.82, 2.24) is 0 Å². The van der Waals surface area contributed by atoms with Crippen LogP contribution in [0.25, 0.3) is 0 Å². The van der Waals surface area contributed by atoms with Gasteiger partial charge in [0.05, 0.1) is 0 Å². The molecule has 86 valence electrons. The molecule has 0 rings (SSSR count). The summed E-state index contributed by atoms with van der Waals surface area (Å²) in [5, 5.41) is 0. The minimum Gasteiger partial charge on any atom is -0.330 e. The van der Waals surface area contributed by atoms with Crippen LogP contribution in [0, 0.1) is 11.3 Å².